The number of nitrogens with one attached hydrogen (secondary N) is 2. The highest BCUT2D eigenvalue weighted by atomic mass is 16.2. The maximum Gasteiger partial charge on any atom is 0.244 e. The number of carbonyl (C=O) groups is 2. The van der Waals surface area contributed by atoms with E-state index in [9.17, 15) is 9.59 Å². The summed E-state index contributed by atoms with van der Waals surface area (Å²) in [7, 11) is 0. The van der Waals surface area contributed by atoms with E-state index in [0.29, 0.717) is 6.54 Å². The Morgan fingerprint density at radius 3 is 2.78 bits per heavy atom. The van der Waals surface area contributed by atoms with Crippen LogP contribution in [0, 0.1) is 0 Å². The van der Waals surface area contributed by atoms with Crippen molar-refractivity contribution in [3.8, 4) is 0 Å². The zero-order chi connectivity index (χ0) is 16.1. The number of Topliss-reactive ketones (excluding diaryl/α,β-unsaturated/α-hetero) is 1. The number of ketones is 1. The minimum absolute atomic E-state index is 0.195. The highest BCUT2D eigenvalue weighted by Gasteiger charge is 2.29. The minimum Gasteiger partial charge on any atom is -0.350 e. The number of nitrogens with zero attached hydrogens (tertiary/aromatic N) is 3. The van der Waals surface area contributed by atoms with Gasteiger partial charge in [0.25, 0.3) is 0 Å². The lowest BCUT2D eigenvalue weighted by Gasteiger charge is -2.10. The summed E-state index contributed by atoms with van der Waals surface area (Å²) in [5.74, 6) is -0.511. The first-order valence-corrected chi connectivity index (χ1v) is 7.18. The third-order valence-electron chi connectivity index (χ3n) is 3.44. The molecule has 23 heavy (non-hydrogen) atoms. The van der Waals surface area contributed by atoms with Crippen LogP contribution in [0.25, 0.3) is 0 Å². The monoisotopic (exact) mass is 309 g/mol. The van der Waals surface area contributed by atoms with Gasteiger partial charge < -0.3 is 5.32 Å². The molecule has 0 radical (unpaired) electrons. The molecule has 1 aliphatic heterocycles. The second-order valence-electron chi connectivity index (χ2n) is 5.07. The summed E-state index contributed by atoms with van der Waals surface area (Å²) in [6.45, 7) is 0.436. The van der Waals surface area contributed by atoms with E-state index in [1.165, 1.54) is 18.6 Å². The second-order valence-corrected chi connectivity index (χ2v) is 5.07. The average molecular weight is 309 g/mol. The van der Waals surface area contributed by atoms with E-state index in [0.717, 1.165) is 5.56 Å². The van der Waals surface area contributed by atoms with Gasteiger partial charge in [-0.05, 0) is 5.56 Å². The van der Waals surface area contributed by atoms with Crippen LogP contribution in [0.15, 0.2) is 54.0 Å². The van der Waals surface area contributed by atoms with Crippen LogP contribution in [0.5, 0.6) is 0 Å². The molecule has 0 aliphatic carbocycles. The third-order valence-corrected chi connectivity index (χ3v) is 3.44. The largest absolute Gasteiger partial charge is 0.350 e. The molecular weight excluding hydrogens is 294 g/mol. The number of hydrazone groups is 1. The summed E-state index contributed by atoms with van der Waals surface area (Å²) in [5.41, 5.74) is 4.21. The van der Waals surface area contributed by atoms with Crippen molar-refractivity contribution in [2.45, 2.75) is 19.0 Å². The standard InChI is InChI=1S/C16H15N5O2/c22-15(14-10-17-6-7-18-14)12-8-13(21-20-12)16(23)19-9-11-4-2-1-3-5-11/h1-7,10,13,21H,8-9H2,(H,19,23). The topological polar surface area (TPSA) is 96.3 Å². The van der Waals surface area contributed by atoms with Crippen LogP contribution in [0.1, 0.15) is 22.5 Å². The molecule has 3 rings (SSSR count). The van der Waals surface area contributed by atoms with E-state index in [1.807, 2.05) is 30.3 Å². The smallest absolute Gasteiger partial charge is 0.244 e. The Balaban J connectivity index is 1.54. The molecule has 7 nitrogen and oxygen atoms in total. The molecule has 1 amide bonds. The fourth-order valence-corrected chi connectivity index (χ4v) is 2.21. The van der Waals surface area contributed by atoms with E-state index in [2.05, 4.69) is 25.8 Å². The number of rotatable bonds is 5. The molecule has 2 heterocycles. The molecule has 0 saturated heterocycles. The molecule has 2 aromatic rings. The van der Waals surface area contributed by atoms with Gasteiger partial charge in [0.05, 0.1) is 6.20 Å². The number of carbonyl (C=O) groups excluding carboxylic acids is 2. The lowest BCUT2D eigenvalue weighted by Crippen LogP contribution is -2.40. The summed E-state index contributed by atoms with van der Waals surface area (Å²) < 4.78 is 0. The number of amides is 1. The van der Waals surface area contributed by atoms with Crippen molar-refractivity contribution < 1.29 is 9.59 Å². The fourth-order valence-electron chi connectivity index (χ4n) is 2.21. The van der Waals surface area contributed by atoms with Gasteiger partial charge >= 0.3 is 0 Å². The first-order chi connectivity index (χ1) is 11.2. The van der Waals surface area contributed by atoms with E-state index in [4.69, 9.17) is 0 Å². The van der Waals surface area contributed by atoms with Crippen LogP contribution in [0.3, 0.4) is 0 Å². The predicted octanol–water partition coefficient (Wildman–Crippen LogP) is 0.694. The SMILES string of the molecule is O=C(C1=NNC(C(=O)NCc2ccccc2)C1)c1cnccn1. The van der Waals surface area contributed by atoms with Gasteiger partial charge in [-0.25, -0.2) is 4.98 Å². The molecule has 1 aromatic carbocycles. The number of hydrogen-bond acceptors (Lipinski definition) is 6. The lowest BCUT2D eigenvalue weighted by molar-refractivity contribution is -0.122. The molecular formula is C16H15N5O2. The minimum atomic E-state index is -0.547. The van der Waals surface area contributed by atoms with Crippen molar-refractivity contribution in [3.63, 3.8) is 0 Å². The van der Waals surface area contributed by atoms with Crippen molar-refractivity contribution in [2.75, 3.05) is 0 Å². The Morgan fingerprint density at radius 1 is 1.22 bits per heavy atom. The molecule has 0 bridgehead atoms. The Bertz CT molecular complexity index is 731. The highest BCUT2D eigenvalue weighted by Crippen LogP contribution is 2.09. The average Bonchev–Trinajstić information content (AvgIpc) is 3.11. The normalized spacial score (nSPS) is 16.3. The molecule has 1 unspecified atom stereocenters. The second kappa shape index (κ2) is 6.78. The van der Waals surface area contributed by atoms with Crippen LogP contribution >= 0.6 is 0 Å². The zero-order valence-electron chi connectivity index (χ0n) is 12.3. The van der Waals surface area contributed by atoms with E-state index in [-0.39, 0.29) is 29.5 Å². The summed E-state index contributed by atoms with van der Waals surface area (Å²) in [6, 6.07) is 9.06. The Kier molecular flexibility index (Phi) is 4.37. The van der Waals surface area contributed by atoms with Crippen LogP contribution in [-0.4, -0.2) is 33.4 Å². The number of hydrogen-bond donors (Lipinski definition) is 2. The summed E-state index contributed by atoms with van der Waals surface area (Å²) in [5, 5.41) is 6.78. The van der Waals surface area contributed by atoms with E-state index >= 15 is 0 Å². The van der Waals surface area contributed by atoms with Gasteiger partial charge in [0.1, 0.15) is 17.4 Å². The maximum atomic E-state index is 12.2. The Labute approximate surface area is 132 Å². The van der Waals surface area contributed by atoms with E-state index in [1.54, 1.807) is 0 Å². The van der Waals surface area contributed by atoms with Crippen molar-refractivity contribution in [2.24, 2.45) is 5.10 Å². The van der Waals surface area contributed by atoms with Crippen LogP contribution in [0.4, 0.5) is 0 Å². The van der Waals surface area contributed by atoms with Crippen LogP contribution in [0.2, 0.25) is 0 Å². The molecule has 7 heteroatoms. The van der Waals surface area contributed by atoms with Gasteiger partial charge in [-0.1, -0.05) is 30.3 Å². The quantitative estimate of drug-likeness (QED) is 0.792. The molecule has 116 valence electrons. The van der Waals surface area contributed by atoms with Gasteiger partial charge in [0.2, 0.25) is 11.7 Å². The van der Waals surface area contributed by atoms with Gasteiger partial charge in [0.15, 0.2) is 0 Å². The molecule has 1 aromatic heterocycles. The summed E-state index contributed by atoms with van der Waals surface area (Å²) in [6.07, 6.45) is 4.55. The number of benzene rings is 1. The Morgan fingerprint density at radius 2 is 2.04 bits per heavy atom. The van der Waals surface area contributed by atoms with Crippen LogP contribution < -0.4 is 10.7 Å². The van der Waals surface area contributed by atoms with Gasteiger partial charge in [-0.3, -0.25) is 20.0 Å². The van der Waals surface area contributed by atoms with Gasteiger partial charge in [-0.2, -0.15) is 5.10 Å². The molecule has 0 fully saturated rings. The van der Waals surface area contributed by atoms with Crippen molar-refractivity contribution in [1.82, 2.24) is 20.7 Å². The fraction of sp³-hybridized carbons (Fsp3) is 0.188. The molecule has 0 saturated carbocycles. The van der Waals surface area contributed by atoms with Crippen molar-refractivity contribution in [3.05, 3.63) is 60.2 Å². The molecule has 1 atom stereocenters. The van der Waals surface area contributed by atoms with Crippen molar-refractivity contribution >= 4 is 17.4 Å². The first-order valence-electron chi connectivity index (χ1n) is 7.18. The molecule has 2 N–H and O–H groups in total. The van der Waals surface area contributed by atoms with Gasteiger partial charge in [0, 0.05) is 25.4 Å². The summed E-state index contributed by atoms with van der Waals surface area (Å²) >= 11 is 0. The first kappa shape index (κ1) is 14.8. The Hall–Kier alpha value is -3.09. The predicted molar refractivity (Wildman–Crippen MR) is 83.6 cm³/mol. The highest BCUT2D eigenvalue weighted by molar-refractivity contribution is 6.46. The number of aromatic nitrogens is 2. The lowest BCUT2D eigenvalue weighted by atomic mass is 10.1. The maximum absolute atomic E-state index is 12.2. The molecule has 0 spiro atoms. The summed E-state index contributed by atoms with van der Waals surface area (Å²) in [4.78, 5) is 32.1. The van der Waals surface area contributed by atoms with E-state index < -0.39 is 6.04 Å². The zero-order valence-corrected chi connectivity index (χ0v) is 12.3. The molecule has 1 aliphatic rings. The van der Waals surface area contributed by atoms with Crippen LogP contribution in [-0.2, 0) is 11.3 Å². The van der Waals surface area contributed by atoms with Gasteiger partial charge in [-0.15, -0.1) is 0 Å². The third kappa shape index (κ3) is 3.57. The van der Waals surface area contributed by atoms with Crippen molar-refractivity contribution in [1.29, 1.82) is 0 Å².